The molecule has 1 aliphatic rings. The summed E-state index contributed by atoms with van der Waals surface area (Å²) < 4.78 is 5.37. The van der Waals surface area contributed by atoms with E-state index in [1.165, 1.54) is 0 Å². The minimum Gasteiger partial charge on any atom is -0.370 e. The van der Waals surface area contributed by atoms with Gasteiger partial charge in [0.25, 0.3) is 0 Å². The lowest BCUT2D eigenvalue weighted by atomic mass is 10.0. The monoisotopic (exact) mass is 180 g/mol. The van der Waals surface area contributed by atoms with Crippen molar-refractivity contribution in [2.24, 2.45) is 0 Å². The van der Waals surface area contributed by atoms with Crippen LogP contribution in [0, 0.1) is 12.3 Å². The van der Waals surface area contributed by atoms with Crippen molar-refractivity contribution in [3.05, 3.63) is 0 Å². The van der Waals surface area contributed by atoms with Crippen LogP contribution in [0.15, 0.2) is 0 Å². The second kappa shape index (κ2) is 5.77. The summed E-state index contributed by atoms with van der Waals surface area (Å²) in [5, 5.41) is 0. The van der Waals surface area contributed by atoms with Crippen LogP contribution in [0.25, 0.3) is 0 Å². The molecule has 0 aromatic heterocycles. The molecule has 2 nitrogen and oxygen atoms in total. The highest BCUT2D eigenvalue weighted by Gasteiger charge is 2.20. The molecule has 0 amide bonds. The van der Waals surface area contributed by atoms with E-state index >= 15 is 0 Å². The molecule has 2 heteroatoms. The molecule has 1 rings (SSSR count). The molecular weight excluding hydrogens is 164 g/mol. The number of ketones is 1. The highest BCUT2D eigenvalue weighted by Crippen LogP contribution is 2.15. The summed E-state index contributed by atoms with van der Waals surface area (Å²) in [7, 11) is 0. The Labute approximate surface area is 79.7 Å². The lowest BCUT2D eigenvalue weighted by Gasteiger charge is -2.20. The number of unbranched alkanes of at least 4 members (excludes halogenated alkanes) is 1. The molecule has 1 heterocycles. The van der Waals surface area contributed by atoms with Crippen molar-refractivity contribution >= 4 is 5.78 Å². The quantitative estimate of drug-likeness (QED) is 0.488. The van der Waals surface area contributed by atoms with Gasteiger partial charge in [0.15, 0.2) is 5.78 Å². The predicted octanol–water partition coefficient (Wildman–Crippen LogP) is 1.93. The van der Waals surface area contributed by atoms with Crippen LogP contribution in [0.2, 0.25) is 0 Å². The van der Waals surface area contributed by atoms with E-state index in [4.69, 9.17) is 11.2 Å². The zero-order valence-corrected chi connectivity index (χ0v) is 7.92. The molecule has 1 atom stereocenters. The van der Waals surface area contributed by atoms with Crippen LogP contribution in [-0.4, -0.2) is 18.5 Å². The first-order chi connectivity index (χ1) is 6.34. The van der Waals surface area contributed by atoms with E-state index in [-0.39, 0.29) is 11.9 Å². The predicted molar refractivity (Wildman–Crippen MR) is 51.3 cm³/mol. The number of ether oxygens (including phenoxy) is 1. The molecule has 0 N–H and O–H groups in total. The number of hydrogen-bond acceptors (Lipinski definition) is 2. The fourth-order valence-electron chi connectivity index (χ4n) is 1.52. The number of rotatable bonds is 4. The fourth-order valence-corrected chi connectivity index (χ4v) is 1.52. The Bertz CT molecular complexity index is 197. The molecule has 0 aliphatic carbocycles. The number of carbonyl (C=O) groups excluding carboxylic acids is 1. The molecule has 1 unspecified atom stereocenters. The third kappa shape index (κ3) is 3.61. The van der Waals surface area contributed by atoms with E-state index in [0.29, 0.717) is 12.8 Å². The van der Waals surface area contributed by atoms with Crippen molar-refractivity contribution < 1.29 is 9.53 Å². The van der Waals surface area contributed by atoms with Crippen LogP contribution in [0.1, 0.15) is 38.5 Å². The lowest BCUT2D eigenvalue weighted by molar-refractivity contribution is -0.133. The molecule has 0 spiro atoms. The van der Waals surface area contributed by atoms with Crippen LogP contribution in [0.4, 0.5) is 0 Å². The van der Waals surface area contributed by atoms with Crippen LogP contribution >= 0.6 is 0 Å². The third-order valence-electron chi connectivity index (χ3n) is 2.28. The maximum Gasteiger partial charge on any atom is 0.161 e. The molecule has 0 radical (unpaired) electrons. The normalized spacial score (nSPS) is 22.2. The minimum atomic E-state index is -0.133. The zero-order chi connectivity index (χ0) is 9.52. The fraction of sp³-hybridized carbons (Fsp3) is 0.727. The van der Waals surface area contributed by atoms with Gasteiger partial charge in [0.1, 0.15) is 6.10 Å². The Morgan fingerprint density at radius 3 is 3.00 bits per heavy atom. The summed E-state index contributed by atoms with van der Waals surface area (Å²) in [6.07, 6.45) is 10.1. The second-order valence-corrected chi connectivity index (χ2v) is 3.38. The Morgan fingerprint density at radius 1 is 1.54 bits per heavy atom. The van der Waals surface area contributed by atoms with Crippen molar-refractivity contribution in [3.63, 3.8) is 0 Å². The molecule has 0 aromatic rings. The van der Waals surface area contributed by atoms with E-state index in [1.807, 2.05) is 0 Å². The topological polar surface area (TPSA) is 26.3 Å². The maximum absolute atomic E-state index is 11.5. The van der Waals surface area contributed by atoms with Crippen LogP contribution in [0.5, 0.6) is 0 Å². The van der Waals surface area contributed by atoms with Crippen molar-refractivity contribution in [1.82, 2.24) is 0 Å². The number of terminal acetylenes is 1. The van der Waals surface area contributed by atoms with Gasteiger partial charge >= 0.3 is 0 Å². The average molecular weight is 180 g/mol. The van der Waals surface area contributed by atoms with Gasteiger partial charge in [-0.2, -0.15) is 0 Å². The Morgan fingerprint density at radius 2 is 2.38 bits per heavy atom. The molecule has 0 aromatic carbocycles. The largest absolute Gasteiger partial charge is 0.370 e. The summed E-state index contributed by atoms with van der Waals surface area (Å²) in [5.41, 5.74) is 0. The standard InChI is InChI=1S/C11H16O2/c1-2-3-4-7-10(12)11-8-5-6-9-13-11/h1,11H,3-9H2. The average Bonchev–Trinajstić information content (AvgIpc) is 2.19. The maximum atomic E-state index is 11.5. The van der Waals surface area contributed by atoms with Gasteiger partial charge < -0.3 is 4.74 Å². The van der Waals surface area contributed by atoms with E-state index in [9.17, 15) is 4.79 Å². The molecule has 1 fully saturated rings. The highest BCUT2D eigenvalue weighted by atomic mass is 16.5. The molecule has 1 saturated heterocycles. The van der Waals surface area contributed by atoms with Crippen LogP contribution in [0.3, 0.4) is 0 Å². The Hall–Kier alpha value is -0.810. The SMILES string of the molecule is C#CCCCC(=O)C1CCCCO1. The number of hydrogen-bond donors (Lipinski definition) is 0. The summed E-state index contributed by atoms with van der Waals surface area (Å²) in [5.74, 6) is 2.76. The second-order valence-electron chi connectivity index (χ2n) is 3.38. The van der Waals surface area contributed by atoms with Gasteiger partial charge in [-0.3, -0.25) is 4.79 Å². The van der Waals surface area contributed by atoms with Crippen molar-refractivity contribution in [3.8, 4) is 12.3 Å². The van der Waals surface area contributed by atoms with Gasteiger partial charge in [0.2, 0.25) is 0 Å². The number of Topliss-reactive ketones (excluding diaryl/α,β-unsaturated/α-hetero) is 1. The van der Waals surface area contributed by atoms with Crippen molar-refractivity contribution in [2.45, 2.75) is 44.6 Å². The molecule has 1 aliphatic heterocycles. The first-order valence-corrected chi connectivity index (χ1v) is 4.92. The van der Waals surface area contributed by atoms with Gasteiger partial charge in [-0.15, -0.1) is 12.3 Å². The summed E-state index contributed by atoms with van der Waals surface area (Å²) >= 11 is 0. The van der Waals surface area contributed by atoms with E-state index in [2.05, 4.69) is 5.92 Å². The smallest absolute Gasteiger partial charge is 0.161 e. The first-order valence-electron chi connectivity index (χ1n) is 4.92. The molecular formula is C11H16O2. The van der Waals surface area contributed by atoms with E-state index < -0.39 is 0 Å². The highest BCUT2D eigenvalue weighted by molar-refractivity contribution is 5.83. The molecule has 13 heavy (non-hydrogen) atoms. The Kier molecular flexibility index (Phi) is 4.56. The van der Waals surface area contributed by atoms with Gasteiger partial charge in [-0.1, -0.05) is 0 Å². The first kappa shape index (κ1) is 10.3. The molecule has 0 bridgehead atoms. The summed E-state index contributed by atoms with van der Waals surface area (Å²) in [6.45, 7) is 0.742. The van der Waals surface area contributed by atoms with Gasteiger partial charge in [0, 0.05) is 19.4 Å². The van der Waals surface area contributed by atoms with Gasteiger partial charge in [-0.25, -0.2) is 0 Å². The summed E-state index contributed by atoms with van der Waals surface area (Å²) in [4.78, 5) is 11.5. The Balaban J connectivity index is 2.18. The zero-order valence-electron chi connectivity index (χ0n) is 7.92. The van der Waals surface area contributed by atoms with E-state index in [0.717, 1.165) is 32.3 Å². The van der Waals surface area contributed by atoms with Gasteiger partial charge in [0.05, 0.1) is 0 Å². The summed E-state index contributed by atoms with van der Waals surface area (Å²) in [6, 6.07) is 0. The third-order valence-corrected chi connectivity index (χ3v) is 2.28. The van der Waals surface area contributed by atoms with Crippen molar-refractivity contribution in [1.29, 1.82) is 0 Å². The van der Waals surface area contributed by atoms with E-state index in [1.54, 1.807) is 0 Å². The van der Waals surface area contributed by atoms with Crippen LogP contribution in [-0.2, 0) is 9.53 Å². The van der Waals surface area contributed by atoms with Crippen LogP contribution < -0.4 is 0 Å². The minimum absolute atomic E-state index is 0.133. The lowest BCUT2D eigenvalue weighted by Crippen LogP contribution is -2.27. The number of carbonyl (C=O) groups is 1. The molecule has 0 saturated carbocycles. The van der Waals surface area contributed by atoms with Gasteiger partial charge in [-0.05, 0) is 25.7 Å². The molecule has 72 valence electrons. The van der Waals surface area contributed by atoms with Crippen molar-refractivity contribution in [2.75, 3.05) is 6.61 Å².